The van der Waals surface area contributed by atoms with Crippen LogP contribution in [-0.2, 0) is 14.8 Å². The van der Waals surface area contributed by atoms with E-state index in [0.29, 0.717) is 25.7 Å². The van der Waals surface area contributed by atoms with Crippen molar-refractivity contribution < 1.29 is 13.2 Å². The number of sulfonamides is 1. The van der Waals surface area contributed by atoms with Gasteiger partial charge in [0, 0.05) is 32.2 Å². The van der Waals surface area contributed by atoms with Crippen molar-refractivity contribution in [2.45, 2.75) is 45.1 Å². The summed E-state index contributed by atoms with van der Waals surface area (Å²) in [5.74, 6) is -0.208. The smallest absolute Gasteiger partial charge is 0.224 e. The standard InChI is InChI=1S/C15H29N3O3S/c1-13-6-3-4-9-17(13)11-8-16-15(19)14-7-5-10-18(12-14)22(2,20)21/h13-14H,3-12H2,1-2H3,(H,16,19). The molecule has 2 fully saturated rings. The molecule has 0 aromatic rings. The molecule has 22 heavy (non-hydrogen) atoms. The Bertz CT molecular complexity index is 480. The van der Waals surface area contributed by atoms with Crippen molar-refractivity contribution in [1.82, 2.24) is 14.5 Å². The fraction of sp³-hybridized carbons (Fsp3) is 0.933. The predicted molar refractivity (Wildman–Crippen MR) is 87.0 cm³/mol. The van der Waals surface area contributed by atoms with Gasteiger partial charge in [0.25, 0.3) is 0 Å². The van der Waals surface area contributed by atoms with E-state index in [1.807, 2.05) is 0 Å². The number of hydrogen-bond donors (Lipinski definition) is 1. The summed E-state index contributed by atoms with van der Waals surface area (Å²) >= 11 is 0. The molecule has 2 unspecified atom stereocenters. The first-order chi connectivity index (χ1) is 10.4. The number of piperidine rings is 2. The SMILES string of the molecule is CC1CCCCN1CCNC(=O)C1CCCN(S(C)(=O)=O)C1. The molecule has 2 aliphatic heterocycles. The van der Waals surface area contributed by atoms with Gasteiger partial charge in [-0.1, -0.05) is 6.42 Å². The summed E-state index contributed by atoms with van der Waals surface area (Å²) in [4.78, 5) is 14.7. The Labute approximate surface area is 134 Å². The lowest BCUT2D eigenvalue weighted by atomic mass is 9.99. The molecule has 2 heterocycles. The first-order valence-corrected chi connectivity index (χ1v) is 10.2. The van der Waals surface area contributed by atoms with E-state index in [4.69, 9.17) is 0 Å². The molecule has 0 aromatic carbocycles. The second-order valence-electron chi connectivity index (χ2n) is 6.63. The molecule has 2 aliphatic rings. The minimum atomic E-state index is -3.19. The summed E-state index contributed by atoms with van der Waals surface area (Å²) < 4.78 is 24.6. The molecule has 0 saturated carbocycles. The van der Waals surface area contributed by atoms with Crippen LogP contribution in [0.3, 0.4) is 0 Å². The van der Waals surface area contributed by atoms with Crippen LogP contribution in [0.1, 0.15) is 39.0 Å². The number of rotatable bonds is 5. The second-order valence-corrected chi connectivity index (χ2v) is 8.61. The molecule has 2 atom stereocenters. The Morgan fingerprint density at radius 2 is 1.95 bits per heavy atom. The van der Waals surface area contributed by atoms with Crippen molar-refractivity contribution in [2.24, 2.45) is 5.92 Å². The topological polar surface area (TPSA) is 69.7 Å². The third-order valence-corrected chi connectivity index (χ3v) is 6.13. The molecule has 1 amide bonds. The van der Waals surface area contributed by atoms with Crippen LogP contribution < -0.4 is 5.32 Å². The van der Waals surface area contributed by atoms with Crippen molar-refractivity contribution in [3.63, 3.8) is 0 Å². The highest BCUT2D eigenvalue weighted by Crippen LogP contribution is 2.19. The lowest BCUT2D eigenvalue weighted by Gasteiger charge is -2.34. The molecule has 1 N–H and O–H groups in total. The minimum Gasteiger partial charge on any atom is -0.355 e. The van der Waals surface area contributed by atoms with Gasteiger partial charge in [0.2, 0.25) is 15.9 Å². The Hall–Kier alpha value is -0.660. The van der Waals surface area contributed by atoms with Crippen LogP contribution >= 0.6 is 0 Å². The highest BCUT2D eigenvalue weighted by molar-refractivity contribution is 7.88. The molecule has 0 radical (unpaired) electrons. The van der Waals surface area contributed by atoms with Gasteiger partial charge in [-0.15, -0.1) is 0 Å². The molecule has 2 saturated heterocycles. The maximum atomic E-state index is 12.2. The van der Waals surface area contributed by atoms with E-state index < -0.39 is 10.0 Å². The molecular weight excluding hydrogens is 302 g/mol. The van der Waals surface area contributed by atoms with Crippen molar-refractivity contribution in [2.75, 3.05) is 39.0 Å². The lowest BCUT2D eigenvalue weighted by Crippen LogP contribution is -2.47. The van der Waals surface area contributed by atoms with Gasteiger partial charge in [-0.25, -0.2) is 12.7 Å². The quantitative estimate of drug-likeness (QED) is 0.803. The minimum absolute atomic E-state index is 0.00184. The van der Waals surface area contributed by atoms with Gasteiger partial charge in [0.1, 0.15) is 0 Å². The van der Waals surface area contributed by atoms with E-state index in [9.17, 15) is 13.2 Å². The lowest BCUT2D eigenvalue weighted by molar-refractivity contribution is -0.126. The zero-order valence-corrected chi connectivity index (χ0v) is 14.6. The van der Waals surface area contributed by atoms with E-state index in [-0.39, 0.29) is 11.8 Å². The largest absolute Gasteiger partial charge is 0.355 e. The molecule has 0 spiro atoms. The second kappa shape index (κ2) is 7.75. The van der Waals surface area contributed by atoms with E-state index in [2.05, 4.69) is 17.1 Å². The molecule has 0 bridgehead atoms. The van der Waals surface area contributed by atoms with Crippen molar-refractivity contribution in [3.05, 3.63) is 0 Å². The van der Waals surface area contributed by atoms with Crippen LogP contribution in [-0.4, -0.2) is 68.6 Å². The summed E-state index contributed by atoms with van der Waals surface area (Å²) in [6, 6.07) is 0.598. The van der Waals surface area contributed by atoms with Crippen molar-refractivity contribution >= 4 is 15.9 Å². The van der Waals surface area contributed by atoms with Gasteiger partial charge in [-0.3, -0.25) is 9.69 Å². The molecule has 0 aliphatic carbocycles. The van der Waals surface area contributed by atoms with Gasteiger partial charge >= 0.3 is 0 Å². The van der Waals surface area contributed by atoms with E-state index in [0.717, 1.165) is 25.9 Å². The third kappa shape index (κ3) is 4.93. The molecule has 0 aromatic heterocycles. The summed E-state index contributed by atoms with van der Waals surface area (Å²) in [6.07, 6.45) is 6.52. The number of nitrogens with zero attached hydrogens (tertiary/aromatic N) is 2. The van der Waals surface area contributed by atoms with Crippen LogP contribution in [0.5, 0.6) is 0 Å². The third-order valence-electron chi connectivity index (χ3n) is 4.86. The fourth-order valence-electron chi connectivity index (χ4n) is 3.41. The Morgan fingerprint density at radius 3 is 2.64 bits per heavy atom. The number of carbonyl (C=O) groups excluding carboxylic acids is 1. The Balaban J connectivity index is 1.75. The predicted octanol–water partition coefficient (Wildman–Crippen LogP) is 0.649. The number of hydrogen-bond acceptors (Lipinski definition) is 4. The number of nitrogens with one attached hydrogen (secondary N) is 1. The fourth-order valence-corrected chi connectivity index (χ4v) is 4.33. The summed E-state index contributed by atoms with van der Waals surface area (Å²) in [7, 11) is -3.19. The Morgan fingerprint density at radius 1 is 1.18 bits per heavy atom. The van der Waals surface area contributed by atoms with E-state index in [1.165, 1.54) is 29.8 Å². The molecule has 2 rings (SSSR count). The molecule has 6 nitrogen and oxygen atoms in total. The zero-order valence-electron chi connectivity index (χ0n) is 13.8. The van der Waals surface area contributed by atoms with Crippen LogP contribution in [0, 0.1) is 5.92 Å². The Kier molecular flexibility index (Phi) is 6.23. The summed E-state index contributed by atoms with van der Waals surface area (Å²) in [6.45, 7) is 5.75. The highest BCUT2D eigenvalue weighted by atomic mass is 32.2. The maximum Gasteiger partial charge on any atom is 0.224 e. The summed E-state index contributed by atoms with van der Waals surface area (Å²) in [5, 5.41) is 2.99. The monoisotopic (exact) mass is 331 g/mol. The van der Waals surface area contributed by atoms with Crippen LogP contribution in [0.4, 0.5) is 0 Å². The average Bonchev–Trinajstić information content (AvgIpc) is 2.48. The normalized spacial score (nSPS) is 28.5. The van der Waals surface area contributed by atoms with Crippen LogP contribution in [0.2, 0.25) is 0 Å². The number of amides is 1. The van der Waals surface area contributed by atoms with Crippen molar-refractivity contribution in [3.8, 4) is 0 Å². The zero-order chi connectivity index (χ0) is 16.2. The average molecular weight is 331 g/mol. The van der Waals surface area contributed by atoms with Crippen LogP contribution in [0.15, 0.2) is 0 Å². The highest BCUT2D eigenvalue weighted by Gasteiger charge is 2.30. The van der Waals surface area contributed by atoms with E-state index >= 15 is 0 Å². The maximum absolute atomic E-state index is 12.2. The number of likely N-dealkylation sites (tertiary alicyclic amines) is 1. The van der Waals surface area contributed by atoms with Gasteiger partial charge in [0.15, 0.2) is 0 Å². The molecule has 128 valence electrons. The molecular formula is C15H29N3O3S. The molecule has 7 heteroatoms. The van der Waals surface area contributed by atoms with Gasteiger partial charge in [-0.05, 0) is 39.2 Å². The first-order valence-electron chi connectivity index (χ1n) is 8.35. The van der Waals surface area contributed by atoms with Crippen molar-refractivity contribution in [1.29, 1.82) is 0 Å². The van der Waals surface area contributed by atoms with Gasteiger partial charge in [0.05, 0.1) is 12.2 Å². The van der Waals surface area contributed by atoms with E-state index in [1.54, 1.807) is 0 Å². The first kappa shape index (κ1) is 17.7. The van der Waals surface area contributed by atoms with Gasteiger partial charge < -0.3 is 5.32 Å². The number of carbonyl (C=O) groups is 1. The summed E-state index contributed by atoms with van der Waals surface area (Å²) in [5.41, 5.74) is 0. The van der Waals surface area contributed by atoms with Crippen LogP contribution in [0.25, 0.3) is 0 Å². The van der Waals surface area contributed by atoms with Gasteiger partial charge in [-0.2, -0.15) is 0 Å².